The lowest BCUT2D eigenvalue weighted by Gasteiger charge is -2.09. The lowest BCUT2D eigenvalue weighted by molar-refractivity contribution is 0.101. The average molecular weight is 327 g/mol. The fourth-order valence-corrected chi connectivity index (χ4v) is 2.45. The van der Waals surface area contributed by atoms with Crippen LogP contribution < -0.4 is 5.32 Å². The number of amides is 1. The first-order chi connectivity index (χ1) is 9.78. The van der Waals surface area contributed by atoms with Crippen LogP contribution in [-0.4, -0.2) is 32.2 Å². The fourth-order valence-electron chi connectivity index (χ4n) is 1.68. The summed E-state index contributed by atoms with van der Waals surface area (Å²) >= 11 is 5.81. The van der Waals surface area contributed by atoms with Crippen LogP contribution in [0.4, 0.5) is 11.4 Å². The number of hydrogen-bond donors (Lipinski definition) is 1. The van der Waals surface area contributed by atoms with Crippen LogP contribution >= 0.6 is 11.6 Å². The molecular weight excluding hydrogens is 312 g/mol. The molecule has 112 valence electrons. The van der Waals surface area contributed by atoms with Crippen molar-refractivity contribution in [2.75, 3.05) is 17.8 Å². The number of carbonyl (C=O) groups is 1. The Morgan fingerprint density at radius 3 is 2.62 bits per heavy atom. The third-order valence-electron chi connectivity index (χ3n) is 2.63. The highest BCUT2D eigenvalue weighted by Gasteiger charge is 2.14. The zero-order valence-corrected chi connectivity index (χ0v) is 13.4. The highest BCUT2D eigenvalue weighted by molar-refractivity contribution is 7.92. The van der Waals surface area contributed by atoms with Gasteiger partial charge in [0, 0.05) is 29.3 Å². The molecule has 6 nitrogen and oxygen atoms in total. The fraction of sp³-hybridized carbons (Fsp3) is 0.231. The Morgan fingerprint density at radius 2 is 2.05 bits per heavy atom. The van der Waals surface area contributed by atoms with Gasteiger partial charge in [0.25, 0.3) is 5.91 Å². The molecule has 2 aromatic rings. The predicted octanol–water partition coefficient (Wildman–Crippen LogP) is 2.68. The van der Waals surface area contributed by atoms with Gasteiger partial charge in [-0.1, -0.05) is 12.1 Å². The minimum Gasteiger partial charge on any atom is -0.319 e. The number of rotatable bonds is 3. The Morgan fingerprint density at radius 1 is 1.38 bits per heavy atom. The lowest BCUT2D eigenvalue weighted by Crippen LogP contribution is -2.15. The molecule has 21 heavy (non-hydrogen) atoms. The molecule has 2 rings (SSSR count). The van der Waals surface area contributed by atoms with Crippen LogP contribution in [0.3, 0.4) is 0 Å². The van der Waals surface area contributed by atoms with Gasteiger partial charge in [0.05, 0.1) is 17.6 Å². The smallest absolute Gasteiger partial charge is 0.274 e. The number of anilines is 1. The first-order valence-corrected chi connectivity index (χ1v) is 8.73. The summed E-state index contributed by atoms with van der Waals surface area (Å²) in [5.41, 5.74) is 1.27. The van der Waals surface area contributed by atoms with Crippen molar-refractivity contribution in [1.29, 1.82) is 0 Å². The summed E-state index contributed by atoms with van der Waals surface area (Å²) in [5, 5.41) is 2.95. The molecule has 1 N–H and O–H groups in total. The van der Waals surface area contributed by atoms with Crippen molar-refractivity contribution in [3.8, 4) is 0 Å². The average Bonchev–Trinajstić information content (AvgIpc) is 2.71. The molecular formula is C13H15ClN4O2S. The number of para-hydroxylation sites is 1. The molecule has 1 heterocycles. The van der Waals surface area contributed by atoms with Gasteiger partial charge < -0.3 is 9.88 Å². The van der Waals surface area contributed by atoms with Gasteiger partial charge >= 0.3 is 0 Å². The number of nitrogens with one attached hydrogen (secondary N) is 1. The van der Waals surface area contributed by atoms with Gasteiger partial charge in [-0.3, -0.25) is 4.79 Å². The van der Waals surface area contributed by atoms with Gasteiger partial charge in [-0.05, 0) is 23.7 Å². The van der Waals surface area contributed by atoms with Gasteiger partial charge in [-0.25, -0.2) is 9.19 Å². The molecule has 0 unspecified atom stereocenters. The van der Waals surface area contributed by atoms with Crippen LogP contribution in [0.15, 0.2) is 34.8 Å². The van der Waals surface area contributed by atoms with Crippen molar-refractivity contribution in [1.82, 2.24) is 9.55 Å². The SMILES string of the molecule is Cn1c(C(=O)Nc2ccccc2N=S(C)(C)=O)cnc1Cl. The van der Waals surface area contributed by atoms with Gasteiger partial charge in [-0.15, -0.1) is 0 Å². The summed E-state index contributed by atoms with van der Waals surface area (Å²) in [7, 11) is -0.675. The number of aromatic nitrogens is 2. The number of carbonyl (C=O) groups excluding carboxylic acids is 1. The number of hydrogen-bond acceptors (Lipinski definition) is 4. The molecule has 0 atom stereocenters. The predicted molar refractivity (Wildman–Crippen MR) is 84.7 cm³/mol. The summed E-state index contributed by atoms with van der Waals surface area (Å²) in [5.74, 6) is -0.363. The van der Waals surface area contributed by atoms with Crippen molar-refractivity contribution >= 4 is 38.6 Å². The minimum atomic E-state index is -2.32. The zero-order valence-electron chi connectivity index (χ0n) is 11.8. The zero-order chi connectivity index (χ0) is 15.6. The van der Waals surface area contributed by atoms with E-state index in [1.54, 1.807) is 31.3 Å². The van der Waals surface area contributed by atoms with E-state index in [1.807, 2.05) is 0 Å². The standard InChI is InChI=1S/C13H15ClN4O2S/c1-18-11(8-15-13(18)14)12(19)16-9-6-4-5-7-10(9)17-21(2,3)20/h4-8H,1-3H3,(H,16,19). The third-order valence-corrected chi connectivity index (χ3v) is 3.62. The van der Waals surface area contributed by atoms with Gasteiger partial charge in [0.15, 0.2) is 0 Å². The van der Waals surface area contributed by atoms with Gasteiger partial charge in [-0.2, -0.15) is 4.36 Å². The van der Waals surface area contributed by atoms with Crippen molar-refractivity contribution in [2.45, 2.75) is 0 Å². The number of imidazole rings is 1. The van der Waals surface area contributed by atoms with Crippen molar-refractivity contribution in [2.24, 2.45) is 11.4 Å². The topological polar surface area (TPSA) is 76.3 Å². The molecule has 0 bridgehead atoms. The van der Waals surface area contributed by atoms with E-state index in [-0.39, 0.29) is 11.2 Å². The van der Waals surface area contributed by atoms with E-state index in [1.165, 1.54) is 23.3 Å². The van der Waals surface area contributed by atoms with E-state index in [4.69, 9.17) is 11.6 Å². The summed E-state index contributed by atoms with van der Waals surface area (Å²) in [6.07, 6.45) is 4.46. The highest BCUT2D eigenvalue weighted by atomic mass is 35.5. The molecule has 8 heteroatoms. The third kappa shape index (κ3) is 3.83. The lowest BCUT2D eigenvalue weighted by atomic mass is 10.2. The Labute approximate surface area is 128 Å². The molecule has 0 saturated carbocycles. The van der Waals surface area contributed by atoms with Crippen LogP contribution in [-0.2, 0) is 16.8 Å². The minimum absolute atomic E-state index is 0.225. The Balaban J connectivity index is 2.35. The number of halogens is 1. The highest BCUT2D eigenvalue weighted by Crippen LogP contribution is 2.26. The van der Waals surface area contributed by atoms with E-state index in [9.17, 15) is 9.00 Å². The molecule has 1 aromatic carbocycles. The van der Waals surface area contributed by atoms with E-state index >= 15 is 0 Å². The number of benzene rings is 1. The summed E-state index contributed by atoms with van der Waals surface area (Å²) in [6.45, 7) is 0. The molecule has 0 radical (unpaired) electrons. The van der Waals surface area contributed by atoms with E-state index in [0.29, 0.717) is 17.1 Å². The number of nitrogens with zero attached hydrogens (tertiary/aromatic N) is 3. The summed E-state index contributed by atoms with van der Waals surface area (Å²) in [4.78, 5) is 16.1. The molecule has 1 aromatic heterocycles. The first kappa shape index (κ1) is 15.5. The molecule has 1 amide bonds. The van der Waals surface area contributed by atoms with Crippen LogP contribution in [0.1, 0.15) is 10.5 Å². The molecule has 0 spiro atoms. The van der Waals surface area contributed by atoms with Crippen LogP contribution in [0.25, 0.3) is 0 Å². The molecule has 0 aliphatic rings. The molecule has 0 saturated heterocycles. The largest absolute Gasteiger partial charge is 0.319 e. The second-order valence-corrected chi connectivity index (χ2v) is 7.60. The second kappa shape index (κ2) is 5.87. The van der Waals surface area contributed by atoms with E-state index in [2.05, 4.69) is 14.7 Å². The maximum absolute atomic E-state index is 12.2. The van der Waals surface area contributed by atoms with E-state index < -0.39 is 9.73 Å². The van der Waals surface area contributed by atoms with Crippen molar-refractivity contribution < 1.29 is 9.00 Å². The second-order valence-electron chi connectivity index (χ2n) is 4.72. The normalized spacial score (nSPS) is 11.2. The Hall–Kier alpha value is -1.86. The first-order valence-electron chi connectivity index (χ1n) is 6.02. The van der Waals surface area contributed by atoms with Crippen LogP contribution in [0.5, 0.6) is 0 Å². The Kier molecular flexibility index (Phi) is 4.34. The van der Waals surface area contributed by atoms with Gasteiger partial charge in [0.2, 0.25) is 5.28 Å². The van der Waals surface area contributed by atoms with Crippen LogP contribution in [0.2, 0.25) is 5.28 Å². The monoisotopic (exact) mass is 326 g/mol. The summed E-state index contributed by atoms with van der Waals surface area (Å²) < 4.78 is 17.4. The summed E-state index contributed by atoms with van der Waals surface area (Å²) in [6, 6.07) is 6.91. The molecule has 0 aliphatic carbocycles. The maximum Gasteiger partial charge on any atom is 0.274 e. The van der Waals surface area contributed by atoms with Crippen molar-refractivity contribution in [3.05, 3.63) is 41.4 Å². The quantitative estimate of drug-likeness (QED) is 0.942. The maximum atomic E-state index is 12.2. The van der Waals surface area contributed by atoms with Gasteiger partial charge in [0.1, 0.15) is 5.69 Å². The van der Waals surface area contributed by atoms with E-state index in [0.717, 1.165) is 0 Å². The molecule has 0 aliphatic heterocycles. The molecule has 0 fully saturated rings. The Bertz CT molecular complexity index is 798. The van der Waals surface area contributed by atoms with Crippen molar-refractivity contribution in [3.63, 3.8) is 0 Å². The van der Waals surface area contributed by atoms with Crippen LogP contribution in [0, 0.1) is 0 Å².